The average Bonchev–Trinajstić information content (AvgIpc) is 3.15. The molecule has 1 unspecified atom stereocenters. The fraction of sp³-hybridized carbons (Fsp3) is 0.211. The SMILES string of the molecule is N#Cc1ccc(C(Cc2ccc(OC(F)(F)F)cc2)Cn2cncn2)cc1. The second kappa shape index (κ2) is 7.91. The topological polar surface area (TPSA) is 63.7 Å². The van der Waals surface area contributed by atoms with Crippen LogP contribution in [0.15, 0.2) is 61.2 Å². The van der Waals surface area contributed by atoms with Gasteiger partial charge in [-0.15, -0.1) is 13.2 Å². The minimum atomic E-state index is -4.71. The van der Waals surface area contributed by atoms with E-state index < -0.39 is 6.36 Å². The van der Waals surface area contributed by atoms with Crippen molar-refractivity contribution in [2.45, 2.75) is 25.2 Å². The molecule has 0 N–H and O–H groups in total. The van der Waals surface area contributed by atoms with Crippen LogP contribution in [0.2, 0.25) is 0 Å². The Hall–Kier alpha value is -3.34. The van der Waals surface area contributed by atoms with Crippen molar-refractivity contribution in [2.75, 3.05) is 0 Å². The molecule has 1 heterocycles. The standard InChI is InChI=1S/C19H15F3N4O/c20-19(21,22)27-18-7-3-14(4-8-18)9-17(11-26-13-24-12-25-26)16-5-1-15(10-23)2-6-16/h1-8,12-13,17H,9,11H2. The van der Waals surface area contributed by atoms with Crippen molar-refractivity contribution in [3.63, 3.8) is 0 Å². The van der Waals surface area contributed by atoms with Crippen molar-refractivity contribution in [1.29, 1.82) is 5.26 Å². The molecule has 138 valence electrons. The number of nitrogens with zero attached hydrogens (tertiary/aromatic N) is 4. The van der Waals surface area contributed by atoms with Crippen molar-refractivity contribution in [1.82, 2.24) is 14.8 Å². The highest BCUT2D eigenvalue weighted by molar-refractivity contribution is 5.34. The van der Waals surface area contributed by atoms with E-state index in [9.17, 15) is 13.2 Å². The van der Waals surface area contributed by atoms with Crippen LogP contribution in [0.25, 0.3) is 0 Å². The van der Waals surface area contributed by atoms with E-state index in [1.807, 2.05) is 12.1 Å². The molecule has 0 bridgehead atoms. The first-order valence-electron chi connectivity index (χ1n) is 8.10. The van der Waals surface area contributed by atoms with Crippen molar-refractivity contribution >= 4 is 0 Å². The second-order valence-electron chi connectivity index (χ2n) is 5.94. The van der Waals surface area contributed by atoms with E-state index in [2.05, 4.69) is 20.9 Å². The second-order valence-corrected chi connectivity index (χ2v) is 5.94. The summed E-state index contributed by atoms with van der Waals surface area (Å²) in [6, 6.07) is 15.1. The molecule has 0 aliphatic rings. The number of benzene rings is 2. The van der Waals surface area contributed by atoms with E-state index in [4.69, 9.17) is 5.26 Å². The largest absolute Gasteiger partial charge is 0.573 e. The van der Waals surface area contributed by atoms with Crippen molar-refractivity contribution in [2.24, 2.45) is 0 Å². The molecular weight excluding hydrogens is 357 g/mol. The molecule has 0 aliphatic heterocycles. The minimum Gasteiger partial charge on any atom is -0.406 e. The van der Waals surface area contributed by atoms with Crippen molar-refractivity contribution in [3.05, 3.63) is 77.9 Å². The van der Waals surface area contributed by atoms with E-state index in [0.29, 0.717) is 18.5 Å². The molecular formula is C19H15F3N4O. The van der Waals surface area contributed by atoms with Crippen LogP contribution in [-0.4, -0.2) is 21.1 Å². The van der Waals surface area contributed by atoms with Crippen LogP contribution in [-0.2, 0) is 13.0 Å². The van der Waals surface area contributed by atoms with Crippen LogP contribution in [0.5, 0.6) is 5.75 Å². The quantitative estimate of drug-likeness (QED) is 0.654. The van der Waals surface area contributed by atoms with Gasteiger partial charge in [-0.3, -0.25) is 4.68 Å². The first-order valence-corrected chi connectivity index (χ1v) is 8.10. The van der Waals surface area contributed by atoms with E-state index in [-0.39, 0.29) is 11.7 Å². The van der Waals surface area contributed by atoms with Gasteiger partial charge in [-0.1, -0.05) is 24.3 Å². The Morgan fingerprint density at radius 1 is 1.07 bits per heavy atom. The highest BCUT2D eigenvalue weighted by atomic mass is 19.4. The van der Waals surface area contributed by atoms with E-state index in [1.54, 1.807) is 35.3 Å². The molecule has 3 rings (SSSR count). The van der Waals surface area contributed by atoms with Gasteiger partial charge in [0.15, 0.2) is 0 Å². The van der Waals surface area contributed by atoms with Crippen LogP contribution < -0.4 is 4.74 Å². The normalized spacial score (nSPS) is 12.4. The summed E-state index contributed by atoms with van der Waals surface area (Å²) in [6.45, 7) is 0.548. The molecule has 0 amide bonds. The predicted molar refractivity (Wildman–Crippen MR) is 90.7 cm³/mol. The number of nitriles is 1. The maximum atomic E-state index is 12.3. The summed E-state index contributed by atoms with van der Waals surface area (Å²) in [5, 5.41) is 13.1. The maximum Gasteiger partial charge on any atom is 0.573 e. The highest BCUT2D eigenvalue weighted by Crippen LogP contribution is 2.26. The Balaban J connectivity index is 1.79. The Morgan fingerprint density at radius 2 is 1.78 bits per heavy atom. The van der Waals surface area contributed by atoms with Gasteiger partial charge in [0.1, 0.15) is 18.4 Å². The number of rotatable bonds is 6. The lowest BCUT2D eigenvalue weighted by Crippen LogP contribution is -2.17. The third-order valence-corrected chi connectivity index (χ3v) is 4.02. The van der Waals surface area contributed by atoms with Crippen LogP contribution in [0.4, 0.5) is 13.2 Å². The van der Waals surface area contributed by atoms with Crippen molar-refractivity contribution < 1.29 is 17.9 Å². The summed E-state index contributed by atoms with van der Waals surface area (Å²) in [4.78, 5) is 3.93. The molecule has 0 fully saturated rings. The Morgan fingerprint density at radius 3 is 2.33 bits per heavy atom. The number of ether oxygens (including phenoxy) is 1. The summed E-state index contributed by atoms with van der Waals surface area (Å²) in [5.41, 5.74) is 2.42. The fourth-order valence-corrected chi connectivity index (χ4v) is 2.78. The van der Waals surface area contributed by atoms with E-state index in [1.165, 1.54) is 18.5 Å². The molecule has 3 aromatic rings. The molecule has 27 heavy (non-hydrogen) atoms. The third-order valence-electron chi connectivity index (χ3n) is 4.02. The van der Waals surface area contributed by atoms with Gasteiger partial charge >= 0.3 is 6.36 Å². The smallest absolute Gasteiger partial charge is 0.406 e. The first-order chi connectivity index (χ1) is 12.9. The highest BCUT2D eigenvalue weighted by Gasteiger charge is 2.31. The first kappa shape index (κ1) is 18.5. The van der Waals surface area contributed by atoms with Gasteiger partial charge in [0.2, 0.25) is 0 Å². The Kier molecular flexibility index (Phi) is 5.41. The van der Waals surface area contributed by atoms with Crippen LogP contribution in [0.3, 0.4) is 0 Å². The fourth-order valence-electron chi connectivity index (χ4n) is 2.78. The van der Waals surface area contributed by atoms with Crippen LogP contribution >= 0.6 is 0 Å². The van der Waals surface area contributed by atoms with Gasteiger partial charge < -0.3 is 4.74 Å². The van der Waals surface area contributed by atoms with Crippen LogP contribution in [0.1, 0.15) is 22.6 Å². The molecule has 1 atom stereocenters. The van der Waals surface area contributed by atoms with Gasteiger partial charge in [-0.25, -0.2) is 4.98 Å². The third kappa shape index (κ3) is 5.31. The van der Waals surface area contributed by atoms with Gasteiger partial charge in [-0.2, -0.15) is 10.4 Å². The zero-order valence-corrected chi connectivity index (χ0v) is 14.1. The zero-order chi connectivity index (χ0) is 19.3. The summed E-state index contributed by atoms with van der Waals surface area (Å²) in [7, 11) is 0. The summed E-state index contributed by atoms with van der Waals surface area (Å²) in [5.74, 6) is -0.244. The summed E-state index contributed by atoms with van der Waals surface area (Å²) in [6.07, 6.45) is -1.08. The number of alkyl halides is 3. The minimum absolute atomic E-state index is 0.00817. The van der Waals surface area contributed by atoms with Gasteiger partial charge in [0, 0.05) is 12.5 Å². The summed E-state index contributed by atoms with van der Waals surface area (Å²) >= 11 is 0. The maximum absolute atomic E-state index is 12.3. The zero-order valence-electron chi connectivity index (χ0n) is 14.1. The monoisotopic (exact) mass is 372 g/mol. The Bertz CT molecular complexity index is 898. The number of aromatic nitrogens is 3. The molecule has 5 nitrogen and oxygen atoms in total. The molecule has 8 heteroatoms. The molecule has 0 saturated heterocycles. The van der Waals surface area contributed by atoms with Gasteiger partial charge in [0.05, 0.1) is 11.6 Å². The molecule has 2 aromatic carbocycles. The lowest BCUT2D eigenvalue weighted by molar-refractivity contribution is -0.274. The predicted octanol–water partition coefficient (Wildman–Crippen LogP) is 4.07. The van der Waals surface area contributed by atoms with Crippen molar-refractivity contribution in [3.8, 4) is 11.8 Å². The van der Waals surface area contributed by atoms with Gasteiger partial charge in [0.25, 0.3) is 0 Å². The molecule has 1 aromatic heterocycles. The number of hydrogen-bond acceptors (Lipinski definition) is 4. The molecule has 0 saturated carbocycles. The average molecular weight is 372 g/mol. The van der Waals surface area contributed by atoms with Crippen LogP contribution in [0, 0.1) is 11.3 Å². The lowest BCUT2D eigenvalue weighted by atomic mass is 9.91. The molecule has 0 radical (unpaired) electrons. The number of hydrogen-bond donors (Lipinski definition) is 0. The molecule has 0 spiro atoms. The van der Waals surface area contributed by atoms with E-state index >= 15 is 0 Å². The summed E-state index contributed by atoms with van der Waals surface area (Å²) < 4.78 is 42.5. The van der Waals surface area contributed by atoms with E-state index in [0.717, 1.165) is 11.1 Å². The molecule has 0 aliphatic carbocycles. The Labute approximate surface area is 153 Å². The van der Waals surface area contributed by atoms with Gasteiger partial charge in [-0.05, 0) is 41.8 Å². The number of halogens is 3. The lowest BCUT2D eigenvalue weighted by Gasteiger charge is -2.18.